The molecule has 1 aliphatic rings. The summed E-state index contributed by atoms with van der Waals surface area (Å²) in [5, 5.41) is 2.82. The van der Waals surface area contributed by atoms with Gasteiger partial charge in [-0.05, 0) is 35.4 Å². The molecule has 1 saturated heterocycles. The van der Waals surface area contributed by atoms with Gasteiger partial charge >= 0.3 is 6.36 Å². The summed E-state index contributed by atoms with van der Waals surface area (Å²) in [7, 11) is 0. The molecule has 28 heavy (non-hydrogen) atoms. The van der Waals surface area contributed by atoms with Crippen LogP contribution in [-0.2, 0) is 17.8 Å². The number of alkyl halides is 3. The maximum atomic E-state index is 12.3. The fraction of sp³-hybridized carbons (Fsp3) is 0.350. The number of ether oxygens (including phenoxy) is 2. The van der Waals surface area contributed by atoms with E-state index >= 15 is 0 Å². The Kier molecular flexibility index (Phi) is 6.53. The number of hydrogen-bond donors (Lipinski definition) is 1. The molecule has 0 radical (unpaired) electrons. The number of amides is 1. The number of carbonyl (C=O) groups excluding carboxylic acids is 1. The third kappa shape index (κ3) is 5.97. The van der Waals surface area contributed by atoms with Crippen molar-refractivity contribution in [3.05, 3.63) is 65.2 Å². The molecular weight excluding hydrogens is 373 g/mol. The van der Waals surface area contributed by atoms with Crippen LogP contribution in [0.1, 0.15) is 21.5 Å². The van der Waals surface area contributed by atoms with Crippen LogP contribution >= 0.6 is 0 Å². The van der Waals surface area contributed by atoms with Crippen molar-refractivity contribution in [1.29, 1.82) is 0 Å². The Labute approximate surface area is 161 Å². The first-order chi connectivity index (χ1) is 13.4. The summed E-state index contributed by atoms with van der Waals surface area (Å²) in [5.74, 6) is -0.723. The van der Waals surface area contributed by atoms with E-state index in [0.29, 0.717) is 19.8 Å². The molecule has 0 aliphatic carbocycles. The second-order valence-electron chi connectivity index (χ2n) is 6.41. The highest BCUT2D eigenvalue weighted by Gasteiger charge is 2.31. The van der Waals surface area contributed by atoms with Gasteiger partial charge in [-0.25, -0.2) is 0 Å². The summed E-state index contributed by atoms with van der Waals surface area (Å²) in [5.41, 5.74) is 2.39. The number of carbonyl (C=O) groups is 1. The summed E-state index contributed by atoms with van der Waals surface area (Å²) in [6, 6.07) is 12.7. The lowest BCUT2D eigenvalue weighted by molar-refractivity contribution is -0.274. The molecule has 2 aromatic rings. The van der Waals surface area contributed by atoms with E-state index in [4.69, 9.17) is 4.74 Å². The number of hydrogen-bond acceptors (Lipinski definition) is 4. The van der Waals surface area contributed by atoms with Crippen molar-refractivity contribution in [1.82, 2.24) is 10.2 Å². The van der Waals surface area contributed by atoms with Gasteiger partial charge in [-0.15, -0.1) is 13.2 Å². The Morgan fingerprint density at radius 3 is 2.32 bits per heavy atom. The van der Waals surface area contributed by atoms with Crippen molar-refractivity contribution in [3.63, 3.8) is 0 Å². The minimum absolute atomic E-state index is 0.264. The Hall–Kier alpha value is -2.58. The Bertz CT molecular complexity index is 788. The normalized spacial score (nSPS) is 15.2. The predicted octanol–water partition coefficient (Wildman–Crippen LogP) is 3.35. The number of rotatable bonds is 6. The molecule has 0 spiro atoms. The summed E-state index contributed by atoms with van der Waals surface area (Å²) in [4.78, 5) is 14.6. The van der Waals surface area contributed by atoms with Crippen molar-refractivity contribution in [2.75, 3.05) is 26.3 Å². The van der Waals surface area contributed by atoms with Crippen LogP contribution in [0.15, 0.2) is 48.5 Å². The van der Waals surface area contributed by atoms with Crippen LogP contribution in [0.5, 0.6) is 5.75 Å². The van der Waals surface area contributed by atoms with Crippen LogP contribution in [0.25, 0.3) is 0 Å². The number of benzene rings is 2. The van der Waals surface area contributed by atoms with Crippen molar-refractivity contribution < 1.29 is 27.4 Å². The van der Waals surface area contributed by atoms with Crippen LogP contribution < -0.4 is 10.1 Å². The second-order valence-corrected chi connectivity index (χ2v) is 6.41. The zero-order valence-corrected chi connectivity index (χ0v) is 15.2. The summed E-state index contributed by atoms with van der Waals surface area (Å²) < 4.78 is 45.8. The molecule has 1 heterocycles. The average molecular weight is 394 g/mol. The maximum Gasteiger partial charge on any atom is 0.573 e. The highest BCUT2D eigenvalue weighted by Crippen LogP contribution is 2.22. The number of nitrogens with zero attached hydrogens (tertiary/aromatic N) is 1. The molecule has 0 bridgehead atoms. The lowest BCUT2D eigenvalue weighted by atomic mass is 10.1. The molecule has 1 aliphatic heterocycles. The van der Waals surface area contributed by atoms with Crippen molar-refractivity contribution in [3.8, 4) is 5.75 Å². The van der Waals surface area contributed by atoms with Gasteiger partial charge in [0.2, 0.25) is 0 Å². The van der Waals surface area contributed by atoms with Crippen LogP contribution in [0.4, 0.5) is 13.2 Å². The third-order valence-electron chi connectivity index (χ3n) is 4.41. The van der Waals surface area contributed by atoms with Gasteiger partial charge < -0.3 is 14.8 Å². The summed E-state index contributed by atoms with van der Waals surface area (Å²) in [6.45, 7) is 4.28. The van der Waals surface area contributed by atoms with Crippen molar-refractivity contribution in [2.24, 2.45) is 0 Å². The lowest BCUT2D eigenvalue weighted by Gasteiger charge is -2.27. The molecule has 150 valence electrons. The third-order valence-corrected chi connectivity index (χ3v) is 4.41. The summed E-state index contributed by atoms with van der Waals surface area (Å²) in [6.07, 6.45) is -4.76. The van der Waals surface area contributed by atoms with Crippen molar-refractivity contribution in [2.45, 2.75) is 19.5 Å². The fourth-order valence-corrected chi connectivity index (χ4v) is 2.97. The van der Waals surface area contributed by atoms with E-state index in [2.05, 4.69) is 15.0 Å². The SMILES string of the molecule is O=C(NCc1ccccc1CN1CCOCC1)c1ccc(OC(F)(F)F)cc1. The topological polar surface area (TPSA) is 50.8 Å². The molecule has 0 aromatic heterocycles. The molecule has 2 aromatic carbocycles. The summed E-state index contributed by atoms with van der Waals surface area (Å²) >= 11 is 0. The van der Waals surface area contributed by atoms with Gasteiger partial charge in [-0.1, -0.05) is 24.3 Å². The Morgan fingerprint density at radius 2 is 1.68 bits per heavy atom. The van der Waals surface area contributed by atoms with Crippen LogP contribution in [0, 0.1) is 0 Å². The van der Waals surface area contributed by atoms with Gasteiger partial charge in [0.05, 0.1) is 13.2 Å². The molecule has 1 fully saturated rings. The van der Waals surface area contributed by atoms with E-state index in [1.54, 1.807) is 0 Å². The van der Waals surface area contributed by atoms with Crippen LogP contribution in [0.3, 0.4) is 0 Å². The standard InChI is InChI=1S/C20H21F3N2O3/c21-20(22,23)28-18-7-5-15(6-8-18)19(26)24-13-16-3-1-2-4-17(16)14-25-9-11-27-12-10-25/h1-8H,9-14H2,(H,24,26). The number of halogens is 3. The molecule has 3 rings (SSSR count). The predicted molar refractivity (Wildman–Crippen MR) is 96.8 cm³/mol. The van der Waals surface area contributed by atoms with Crippen LogP contribution in [-0.4, -0.2) is 43.5 Å². The minimum atomic E-state index is -4.76. The van der Waals surface area contributed by atoms with Crippen molar-refractivity contribution >= 4 is 5.91 Å². The monoisotopic (exact) mass is 394 g/mol. The first-order valence-corrected chi connectivity index (χ1v) is 8.91. The van der Waals surface area contributed by atoms with Gasteiger partial charge in [0.1, 0.15) is 5.75 Å². The zero-order valence-electron chi connectivity index (χ0n) is 15.2. The molecule has 0 unspecified atom stereocenters. The van der Waals surface area contributed by atoms with Gasteiger partial charge in [-0.3, -0.25) is 9.69 Å². The highest BCUT2D eigenvalue weighted by atomic mass is 19.4. The maximum absolute atomic E-state index is 12.3. The zero-order chi connectivity index (χ0) is 20.0. The van der Waals surface area contributed by atoms with Gasteiger partial charge in [0, 0.05) is 31.7 Å². The van der Waals surface area contributed by atoms with E-state index in [9.17, 15) is 18.0 Å². The average Bonchev–Trinajstić information content (AvgIpc) is 2.67. The minimum Gasteiger partial charge on any atom is -0.406 e. The molecule has 0 saturated carbocycles. The Morgan fingerprint density at radius 1 is 1.04 bits per heavy atom. The molecule has 1 N–H and O–H groups in total. The first kappa shape index (κ1) is 20.2. The fourth-order valence-electron chi connectivity index (χ4n) is 2.97. The van der Waals surface area contributed by atoms with Crippen LogP contribution in [0.2, 0.25) is 0 Å². The van der Waals surface area contributed by atoms with E-state index < -0.39 is 6.36 Å². The van der Waals surface area contributed by atoms with Gasteiger partial charge in [-0.2, -0.15) is 0 Å². The molecular formula is C20H21F3N2O3. The largest absolute Gasteiger partial charge is 0.573 e. The second kappa shape index (κ2) is 9.07. The van der Waals surface area contributed by atoms with E-state index in [1.807, 2.05) is 24.3 Å². The number of morpholine rings is 1. The molecule has 5 nitrogen and oxygen atoms in total. The van der Waals surface area contributed by atoms with E-state index in [1.165, 1.54) is 12.1 Å². The lowest BCUT2D eigenvalue weighted by Crippen LogP contribution is -2.36. The molecule has 0 atom stereocenters. The first-order valence-electron chi connectivity index (χ1n) is 8.91. The van der Waals surface area contributed by atoms with E-state index in [-0.39, 0.29) is 17.2 Å². The smallest absolute Gasteiger partial charge is 0.406 e. The van der Waals surface area contributed by atoms with E-state index in [0.717, 1.165) is 42.9 Å². The Balaban J connectivity index is 1.58. The molecule has 1 amide bonds. The quantitative estimate of drug-likeness (QED) is 0.817. The number of nitrogens with one attached hydrogen (secondary N) is 1. The van der Waals surface area contributed by atoms with Gasteiger partial charge in [0.15, 0.2) is 0 Å². The van der Waals surface area contributed by atoms with Gasteiger partial charge in [0.25, 0.3) is 5.91 Å². The highest BCUT2D eigenvalue weighted by molar-refractivity contribution is 5.94. The molecule has 8 heteroatoms.